The van der Waals surface area contributed by atoms with Crippen LogP contribution >= 0.6 is 0 Å². The summed E-state index contributed by atoms with van der Waals surface area (Å²) in [6, 6.07) is 3.84. The molecule has 0 spiro atoms. The lowest BCUT2D eigenvalue weighted by Gasteiger charge is -1.85. The highest BCUT2D eigenvalue weighted by Gasteiger charge is 2.00. The summed E-state index contributed by atoms with van der Waals surface area (Å²) in [5.74, 6) is 0. The van der Waals surface area contributed by atoms with Gasteiger partial charge in [-0.3, -0.25) is 0 Å². The lowest BCUT2D eigenvalue weighted by molar-refractivity contribution is 0.422. The molecule has 0 N–H and O–H groups in total. The van der Waals surface area contributed by atoms with Crippen LogP contribution in [0, 0.1) is 0 Å². The van der Waals surface area contributed by atoms with Crippen LogP contribution in [0.25, 0.3) is 11.3 Å². The first-order valence-electron chi connectivity index (χ1n) is 3.39. The monoisotopic (exact) mass is 148 g/mol. The maximum atomic E-state index is 4.72. The lowest BCUT2D eigenvalue weighted by atomic mass is 10.2. The molecule has 0 saturated heterocycles. The predicted molar refractivity (Wildman–Crippen MR) is 40.9 cm³/mol. The Hall–Kier alpha value is -1.51. The van der Waals surface area contributed by atoms with Crippen LogP contribution in [0.2, 0.25) is 0 Å². The lowest BCUT2D eigenvalue weighted by Crippen LogP contribution is -1.78. The summed E-state index contributed by atoms with van der Waals surface area (Å²) in [4.78, 5) is 0. The first kappa shape index (κ1) is 6.22. The maximum absolute atomic E-state index is 4.72. The average molecular weight is 148 g/mol. The number of hydrogen-bond acceptors (Lipinski definition) is 2. The van der Waals surface area contributed by atoms with Gasteiger partial charge in [0.2, 0.25) is 0 Å². The van der Waals surface area contributed by atoms with Crippen molar-refractivity contribution >= 4 is 0 Å². The molecule has 56 valence electrons. The fourth-order valence-corrected chi connectivity index (χ4v) is 1.02. The Balaban J connectivity index is 2.45. The van der Waals surface area contributed by atoms with Crippen molar-refractivity contribution in [2.45, 2.75) is 0 Å². The molecule has 0 unspecified atom stereocenters. The van der Waals surface area contributed by atoms with Crippen LogP contribution in [0.4, 0.5) is 0 Å². The van der Waals surface area contributed by atoms with Gasteiger partial charge in [0.25, 0.3) is 0 Å². The van der Waals surface area contributed by atoms with Crippen LogP contribution in [0.3, 0.4) is 0 Å². The van der Waals surface area contributed by atoms with Gasteiger partial charge in [0, 0.05) is 31.1 Å². The molecule has 3 nitrogen and oxygen atoms in total. The molecule has 0 aliphatic carbocycles. The number of rotatable bonds is 1. The molecule has 0 atom stereocenters. The normalized spacial score (nSPS) is 10.3. The van der Waals surface area contributed by atoms with Crippen molar-refractivity contribution in [3.63, 3.8) is 0 Å². The highest BCUT2D eigenvalue weighted by molar-refractivity contribution is 5.56. The Morgan fingerprint density at radius 1 is 1.45 bits per heavy atom. The highest BCUT2D eigenvalue weighted by Crippen LogP contribution is 2.15. The van der Waals surface area contributed by atoms with Gasteiger partial charge < -0.3 is 9.09 Å². The van der Waals surface area contributed by atoms with E-state index < -0.39 is 0 Å². The number of hydrogen-bond donors (Lipinski definition) is 0. The molecule has 0 aromatic carbocycles. The largest absolute Gasteiger partial charge is 0.364 e. The number of aryl methyl sites for hydroxylation is 1. The van der Waals surface area contributed by atoms with Gasteiger partial charge in [0.1, 0.15) is 12.0 Å². The molecule has 3 heteroatoms. The third-order valence-electron chi connectivity index (χ3n) is 1.57. The second-order valence-electron chi connectivity index (χ2n) is 2.45. The van der Waals surface area contributed by atoms with E-state index in [0.29, 0.717) is 0 Å². The van der Waals surface area contributed by atoms with Crippen molar-refractivity contribution in [3.8, 4) is 11.3 Å². The molecule has 2 aromatic rings. The van der Waals surface area contributed by atoms with Crippen molar-refractivity contribution in [2.24, 2.45) is 7.05 Å². The highest BCUT2D eigenvalue weighted by atomic mass is 16.5. The van der Waals surface area contributed by atoms with Crippen molar-refractivity contribution in [1.29, 1.82) is 0 Å². The first-order valence-corrected chi connectivity index (χ1v) is 3.39. The third-order valence-corrected chi connectivity index (χ3v) is 1.57. The van der Waals surface area contributed by atoms with Gasteiger partial charge in [-0.25, -0.2) is 0 Å². The SMILES string of the molecule is Cn1ccc(-c2ccon2)c1. The summed E-state index contributed by atoms with van der Waals surface area (Å²) in [6.45, 7) is 0. The molecule has 0 radical (unpaired) electrons. The molecule has 11 heavy (non-hydrogen) atoms. The van der Waals surface area contributed by atoms with E-state index in [4.69, 9.17) is 4.52 Å². The van der Waals surface area contributed by atoms with Crippen LogP contribution in [0.5, 0.6) is 0 Å². The average Bonchev–Trinajstić information content (AvgIpc) is 2.55. The van der Waals surface area contributed by atoms with E-state index >= 15 is 0 Å². The van der Waals surface area contributed by atoms with Gasteiger partial charge in [0.15, 0.2) is 0 Å². The summed E-state index contributed by atoms with van der Waals surface area (Å²) in [5.41, 5.74) is 1.96. The molecule has 0 aliphatic heterocycles. The number of nitrogens with zero attached hydrogens (tertiary/aromatic N) is 2. The topological polar surface area (TPSA) is 31.0 Å². The Morgan fingerprint density at radius 3 is 2.91 bits per heavy atom. The quantitative estimate of drug-likeness (QED) is 0.616. The van der Waals surface area contributed by atoms with Crippen molar-refractivity contribution in [3.05, 3.63) is 30.8 Å². The van der Waals surface area contributed by atoms with Crippen LogP contribution in [0.15, 0.2) is 35.3 Å². The van der Waals surface area contributed by atoms with Gasteiger partial charge in [-0.05, 0) is 6.07 Å². The molecule has 0 saturated carbocycles. The van der Waals surface area contributed by atoms with Gasteiger partial charge in [-0.2, -0.15) is 0 Å². The molecule has 2 rings (SSSR count). The molecule has 0 fully saturated rings. The summed E-state index contributed by atoms with van der Waals surface area (Å²) in [7, 11) is 1.98. The van der Waals surface area contributed by atoms with Crippen LogP contribution < -0.4 is 0 Å². The Morgan fingerprint density at radius 2 is 2.36 bits per heavy atom. The third kappa shape index (κ3) is 1.05. The van der Waals surface area contributed by atoms with Crippen molar-refractivity contribution in [1.82, 2.24) is 9.72 Å². The molecule has 0 bridgehead atoms. The van der Waals surface area contributed by atoms with Crippen LogP contribution in [-0.2, 0) is 7.05 Å². The molecule has 0 aliphatic rings. The van der Waals surface area contributed by atoms with E-state index in [1.54, 1.807) is 6.26 Å². The molecular weight excluding hydrogens is 140 g/mol. The Kier molecular flexibility index (Phi) is 1.28. The van der Waals surface area contributed by atoms with E-state index in [0.717, 1.165) is 11.3 Å². The molecule has 2 aromatic heterocycles. The second kappa shape index (κ2) is 2.27. The zero-order chi connectivity index (χ0) is 7.68. The zero-order valence-corrected chi connectivity index (χ0v) is 6.19. The van der Waals surface area contributed by atoms with Gasteiger partial charge in [-0.1, -0.05) is 5.16 Å². The van der Waals surface area contributed by atoms with Crippen molar-refractivity contribution < 1.29 is 4.52 Å². The van der Waals surface area contributed by atoms with E-state index in [2.05, 4.69) is 5.16 Å². The second-order valence-corrected chi connectivity index (χ2v) is 2.45. The number of aromatic nitrogens is 2. The fourth-order valence-electron chi connectivity index (χ4n) is 1.02. The maximum Gasteiger partial charge on any atom is 0.124 e. The summed E-state index contributed by atoms with van der Waals surface area (Å²) < 4.78 is 6.70. The van der Waals surface area contributed by atoms with Crippen LogP contribution in [-0.4, -0.2) is 9.72 Å². The Bertz CT molecular complexity index is 335. The summed E-state index contributed by atoms with van der Waals surface area (Å²) in [5, 5.41) is 3.81. The summed E-state index contributed by atoms with van der Waals surface area (Å²) in [6.07, 6.45) is 5.55. The first-order chi connectivity index (χ1) is 5.36. The van der Waals surface area contributed by atoms with E-state index in [9.17, 15) is 0 Å². The zero-order valence-electron chi connectivity index (χ0n) is 6.19. The minimum absolute atomic E-state index is 0.880. The minimum Gasteiger partial charge on any atom is -0.364 e. The van der Waals surface area contributed by atoms with Crippen molar-refractivity contribution in [2.75, 3.05) is 0 Å². The molecule has 2 heterocycles. The minimum atomic E-state index is 0.880. The molecule has 0 amide bonds. The van der Waals surface area contributed by atoms with Gasteiger partial charge >= 0.3 is 0 Å². The Labute approximate surface area is 64.2 Å². The van der Waals surface area contributed by atoms with Gasteiger partial charge in [-0.15, -0.1) is 0 Å². The predicted octanol–water partition coefficient (Wildman–Crippen LogP) is 1.68. The molecular formula is C8H8N2O. The van der Waals surface area contributed by atoms with E-state index in [1.807, 2.05) is 36.1 Å². The van der Waals surface area contributed by atoms with Crippen LogP contribution in [0.1, 0.15) is 0 Å². The van der Waals surface area contributed by atoms with E-state index in [1.165, 1.54) is 0 Å². The standard InChI is InChI=1S/C8H8N2O/c1-10-4-2-7(6-10)8-3-5-11-9-8/h2-6H,1H3. The summed E-state index contributed by atoms with van der Waals surface area (Å²) >= 11 is 0. The smallest absolute Gasteiger partial charge is 0.124 e. The van der Waals surface area contributed by atoms with Gasteiger partial charge in [0.05, 0.1) is 0 Å². The van der Waals surface area contributed by atoms with E-state index in [-0.39, 0.29) is 0 Å². The fraction of sp³-hybridized carbons (Fsp3) is 0.125.